The lowest BCUT2D eigenvalue weighted by Gasteiger charge is -2.18. The average molecular weight is 155 g/mol. The summed E-state index contributed by atoms with van der Waals surface area (Å²) in [6.45, 7) is 1.80. The van der Waals surface area contributed by atoms with Crippen molar-refractivity contribution in [1.82, 2.24) is 0 Å². The third kappa shape index (κ3) is 2.29. The van der Waals surface area contributed by atoms with E-state index in [1.54, 1.807) is 6.92 Å². The van der Waals surface area contributed by atoms with Crippen LogP contribution in [0.5, 0.6) is 0 Å². The van der Waals surface area contributed by atoms with Crippen LogP contribution >= 0.6 is 0 Å². The third-order valence-corrected chi connectivity index (χ3v) is 2.54. The Hall–Kier alpha value is -0.370. The fourth-order valence-corrected chi connectivity index (χ4v) is 1.79. The summed E-state index contributed by atoms with van der Waals surface area (Å²) in [4.78, 5) is 0. The van der Waals surface area contributed by atoms with Crippen molar-refractivity contribution in [2.45, 2.75) is 45.1 Å². The number of nitrogens with one attached hydrogen (secondary N) is 1. The highest BCUT2D eigenvalue weighted by Crippen LogP contribution is 2.23. The zero-order chi connectivity index (χ0) is 8.27. The van der Waals surface area contributed by atoms with Crippen LogP contribution in [0, 0.1) is 11.3 Å². The van der Waals surface area contributed by atoms with Gasteiger partial charge in [-0.1, -0.05) is 19.3 Å². The van der Waals surface area contributed by atoms with E-state index in [9.17, 15) is 5.11 Å². The number of hydrogen-bond donors (Lipinski definition) is 2. The summed E-state index contributed by atoms with van der Waals surface area (Å²) in [5.41, 5.74) is 0.652. The molecule has 0 radical (unpaired) electrons. The largest absolute Gasteiger partial charge is 0.392 e. The van der Waals surface area contributed by atoms with E-state index in [2.05, 4.69) is 0 Å². The molecule has 64 valence electrons. The summed E-state index contributed by atoms with van der Waals surface area (Å²) in [5, 5.41) is 17.0. The molecule has 11 heavy (non-hydrogen) atoms. The van der Waals surface area contributed by atoms with E-state index in [0.29, 0.717) is 5.71 Å². The third-order valence-electron chi connectivity index (χ3n) is 2.54. The molecule has 0 aromatic carbocycles. The van der Waals surface area contributed by atoms with Crippen molar-refractivity contribution in [2.24, 2.45) is 5.92 Å². The standard InChI is InChI=1S/C9H17NO/c1-7(10)8-5-3-2-4-6-9(8)11/h8-11H,2-6H2,1H3. The quantitative estimate of drug-likeness (QED) is 0.441. The van der Waals surface area contributed by atoms with Crippen molar-refractivity contribution < 1.29 is 5.11 Å². The van der Waals surface area contributed by atoms with Gasteiger partial charge < -0.3 is 10.5 Å². The zero-order valence-electron chi connectivity index (χ0n) is 7.14. The predicted molar refractivity (Wildman–Crippen MR) is 46.0 cm³/mol. The van der Waals surface area contributed by atoms with E-state index in [4.69, 9.17) is 5.41 Å². The summed E-state index contributed by atoms with van der Waals surface area (Å²) < 4.78 is 0. The van der Waals surface area contributed by atoms with E-state index in [-0.39, 0.29) is 12.0 Å². The molecule has 0 bridgehead atoms. The summed E-state index contributed by atoms with van der Waals surface area (Å²) in [6, 6.07) is 0. The highest BCUT2D eigenvalue weighted by atomic mass is 16.3. The van der Waals surface area contributed by atoms with Gasteiger partial charge >= 0.3 is 0 Å². The van der Waals surface area contributed by atoms with Crippen LogP contribution in [0.3, 0.4) is 0 Å². The molecule has 0 aromatic rings. The molecule has 2 atom stereocenters. The molecule has 1 aliphatic carbocycles. The fourth-order valence-electron chi connectivity index (χ4n) is 1.79. The number of aliphatic hydroxyl groups excluding tert-OH is 1. The van der Waals surface area contributed by atoms with Gasteiger partial charge in [0.25, 0.3) is 0 Å². The lowest BCUT2D eigenvalue weighted by Crippen LogP contribution is -2.24. The highest BCUT2D eigenvalue weighted by Gasteiger charge is 2.22. The minimum atomic E-state index is -0.241. The van der Waals surface area contributed by atoms with Gasteiger partial charge in [-0.2, -0.15) is 0 Å². The maximum atomic E-state index is 9.58. The molecule has 0 spiro atoms. The Labute approximate surface area is 68.1 Å². The molecule has 1 rings (SSSR count). The van der Waals surface area contributed by atoms with Crippen molar-refractivity contribution in [2.75, 3.05) is 0 Å². The van der Waals surface area contributed by atoms with Gasteiger partial charge in [0.2, 0.25) is 0 Å². The molecule has 0 heterocycles. The van der Waals surface area contributed by atoms with Crippen LogP contribution in [0.4, 0.5) is 0 Å². The second-order valence-electron chi connectivity index (χ2n) is 3.49. The summed E-state index contributed by atoms with van der Waals surface area (Å²) in [5.74, 6) is 0.150. The summed E-state index contributed by atoms with van der Waals surface area (Å²) in [6.07, 6.45) is 5.19. The number of hydrogen-bond acceptors (Lipinski definition) is 2. The van der Waals surface area contributed by atoms with Crippen molar-refractivity contribution in [3.8, 4) is 0 Å². The lowest BCUT2D eigenvalue weighted by molar-refractivity contribution is 0.130. The Morgan fingerprint density at radius 2 is 1.91 bits per heavy atom. The molecule has 0 amide bonds. The Morgan fingerprint density at radius 1 is 1.27 bits per heavy atom. The molecule has 2 nitrogen and oxygen atoms in total. The van der Waals surface area contributed by atoms with Gasteiger partial charge in [0.05, 0.1) is 6.10 Å². The molecule has 0 saturated heterocycles. The fraction of sp³-hybridized carbons (Fsp3) is 0.889. The van der Waals surface area contributed by atoms with Crippen LogP contribution in [0.1, 0.15) is 39.0 Å². The second-order valence-corrected chi connectivity index (χ2v) is 3.49. The first-order chi connectivity index (χ1) is 5.22. The maximum Gasteiger partial charge on any atom is 0.0620 e. The Bertz CT molecular complexity index is 144. The smallest absolute Gasteiger partial charge is 0.0620 e. The van der Waals surface area contributed by atoms with Crippen LogP contribution in [-0.2, 0) is 0 Å². The van der Waals surface area contributed by atoms with Gasteiger partial charge in [-0.15, -0.1) is 0 Å². The van der Waals surface area contributed by atoms with Crippen LogP contribution in [-0.4, -0.2) is 16.9 Å². The predicted octanol–water partition coefficient (Wildman–Crippen LogP) is 1.97. The van der Waals surface area contributed by atoms with Crippen LogP contribution in [0.2, 0.25) is 0 Å². The van der Waals surface area contributed by atoms with Crippen LogP contribution < -0.4 is 0 Å². The molecule has 2 N–H and O–H groups in total. The van der Waals surface area contributed by atoms with Crippen molar-refractivity contribution in [3.63, 3.8) is 0 Å². The van der Waals surface area contributed by atoms with Gasteiger partial charge in [0.15, 0.2) is 0 Å². The zero-order valence-corrected chi connectivity index (χ0v) is 7.14. The Balaban J connectivity index is 2.52. The van der Waals surface area contributed by atoms with Crippen molar-refractivity contribution >= 4 is 5.71 Å². The number of rotatable bonds is 1. The van der Waals surface area contributed by atoms with Gasteiger partial charge in [0, 0.05) is 11.6 Å². The summed E-state index contributed by atoms with van der Waals surface area (Å²) >= 11 is 0. The summed E-state index contributed by atoms with van der Waals surface area (Å²) in [7, 11) is 0. The molecule has 1 fully saturated rings. The van der Waals surface area contributed by atoms with Crippen LogP contribution in [0.25, 0.3) is 0 Å². The van der Waals surface area contributed by atoms with Gasteiger partial charge in [-0.25, -0.2) is 0 Å². The molecule has 0 aliphatic heterocycles. The number of aliphatic hydroxyl groups is 1. The molecule has 1 aliphatic rings. The van der Waals surface area contributed by atoms with Crippen molar-refractivity contribution in [3.05, 3.63) is 0 Å². The molecule has 1 saturated carbocycles. The first kappa shape index (κ1) is 8.72. The van der Waals surface area contributed by atoms with E-state index in [1.165, 1.54) is 12.8 Å². The monoisotopic (exact) mass is 155 g/mol. The van der Waals surface area contributed by atoms with Crippen molar-refractivity contribution in [1.29, 1.82) is 5.41 Å². The first-order valence-corrected chi connectivity index (χ1v) is 4.45. The Kier molecular flexibility index (Phi) is 3.06. The molecule has 2 heteroatoms. The molecule has 2 unspecified atom stereocenters. The minimum absolute atomic E-state index is 0.150. The van der Waals surface area contributed by atoms with E-state index in [0.717, 1.165) is 19.3 Å². The molecular formula is C9H17NO. The average Bonchev–Trinajstić information content (AvgIpc) is 2.13. The topological polar surface area (TPSA) is 44.1 Å². The van der Waals surface area contributed by atoms with Crippen LogP contribution in [0.15, 0.2) is 0 Å². The van der Waals surface area contributed by atoms with Gasteiger partial charge in [-0.05, 0) is 19.8 Å². The SMILES string of the molecule is CC(=N)C1CCCCCC1O. The highest BCUT2D eigenvalue weighted by molar-refractivity contribution is 5.81. The first-order valence-electron chi connectivity index (χ1n) is 4.45. The van der Waals surface area contributed by atoms with E-state index in [1.807, 2.05) is 0 Å². The Morgan fingerprint density at radius 3 is 2.55 bits per heavy atom. The van der Waals surface area contributed by atoms with E-state index < -0.39 is 0 Å². The van der Waals surface area contributed by atoms with Gasteiger partial charge in [0.1, 0.15) is 0 Å². The molecule has 0 aromatic heterocycles. The second kappa shape index (κ2) is 3.86. The minimum Gasteiger partial charge on any atom is -0.392 e. The lowest BCUT2D eigenvalue weighted by atomic mass is 9.93. The molecular weight excluding hydrogens is 138 g/mol. The normalized spacial score (nSPS) is 32.9. The van der Waals surface area contributed by atoms with E-state index >= 15 is 0 Å². The van der Waals surface area contributed by atoms with Gasteiger partial charge in [-0.3, -0.25) is 0 Å². The maximum absolute atomic E-state index is 9.58.